The number of amides is 2. The lowest BCUT2D eigenvalue weighted by Crippen LogP contribution is -2.34. The number of carbonyl (C=O) groups is 2. The monoisotopic (exact) mass is 240 g/mol. The lowest BCUT2D eigenvalue weighted by molar-refractivity contribution is -0.121. The normalized spacial score (nSPS) is 11.9. The van der Waals surface area contributed by atoms with E-state index < -0.39 is 6.10 Å². The third kappa shape index (κ3) is 5.17. The van der Waals surface area contributed by atoms with Crippen LogP contribution in [0.1, 0.15) is 23.9 Å². The Bertz CT molecular complexity index is 360. The fraction of sp³-hybridized carbons (Fsp3) is 0.455. The van der Waals surface area contributed by atoms with Crippen molar-refractivity contribution in [3.63, 3.8) is 0 Å². The van der Waals surface area contributed by atoms with Gasteiger partial charge < -0.3 is 20.2 Å². The van der Waals surface area contributed by atoms with E-state index in [9.17, 15) is 9.59 Å². The molecule has 0 unspecified atom stereocenters. The maximum Gasteiger partial charge on any atom is 0.286 e. The fourth-order valence-electron chi connectivity index (χ4n) is 1.13. The first-order chi connectivity index (χ1) is 8.09. The van der Waals surface area contributed by atoms with Crippen LogP contribution in [-0.2, 0) is 4.79 Å². The summed E-state index contributed by atoms with van der Waals surface area (Å²) in [5.74, 6) is -0.349. The van der Waals surface area contributed by atoms with Crippen molar-refractivity contribution in [2.75, 3.05) is 13.1 Å². The summed E-state index contributed by atoms with van der Waals surface area (Å²) in [4.78, 5) is 22.6. The summed E-state index contributed by atoms with van der Waals surface area (Å²) >= 11 is 0. The summed E-state index contributed by atoms with van der Waals surface area (Å²) in [5.41, 5.74) is 0. The van der Waals surface area contributed by atoms with Gasteiger partial charge in [-0.05, 0) is 19.1 Å². The highest BCUT2D eigenvalue weighted by Gasteiger charge is 2.08. The maximum absolute atomic E-state index is 11.4. The van der Waals surface area contributed by atoms with Crippen molar-refractivity contribution in [3.05, 3.63) is 24.2 Å². The summed E-state index contributed by atoms with van der Waals surface area (Å²) in [6.07, 6.45) is 1.00. The molecular weight excluding hydrogens is 224 g/mol. The molecule has 94 valence electrons. The second-order valence-corrected chi connectivity index (χ2v) is 3.64. The highest BCUT2D eigenvalue weighted by molar-refractivity contribution is 5.91. The summed E-state index contributed by atoms with van der Waals surface area (Å²) < 4.78 is 4.89. The van der Waals surface area contributed by atoms with E-state index in [2.05, 4.69) is 10.6 Å². The smallest absolute Gasteiger partial charge is 0.286 e. The molecule has 1 aromatic heterocycles. The second kappa shape index (κ2) is 6.70. The second-order valence-electron chi connectivity index (χ2n) is 3.64. The van der Waals surface area contributed by atoms with Crippen molar-refractivity contribution in [3.8, 4) is 0 Å². The van der Waals surface area contributed by atoms with Crippen molar-refractivity contribution in [2.45, 2.75) is 19.4 Å². The molecule has 1 rings (SSSR count). The molecule has 1 aromatic rings. The van der Waals surface area contributed by atoms with E-state index in [1.807, 2.05) is 0 Å². The fourth-order valence-corrected chi connectivity index (χ4v) is 1.13. The van der Waals surface area contributed by atoms with E-state index >= 15 is 0 Å². The molecule has 17 heavy (non-hydrogen) atoms. The van der Waals surface area contributed by atoms with Crippen molar-refractivity contribution < 1.29 is 19.1 Å². The predicted molar refractivity (Wildman–Crippen MR) is 60.3 cm³/mol. The highest BCUT2D eigenvalue weighted by atomic mass is 16.3. The third-order valence-electron chi connectivity index (χ3n) is 1.98. The molecule has 0 spiro atoms. The third-order valence-corrected chi connectivity index (χ3v) is 1.98. The summed E-state index contributed by atoms with van der Waals surface area (Å²) in [6, 6.07) is 3.16. The molecule has 2 amide bonds. The number of hydrogen-bond acceptors (Lipinski definition) is 4. The van der Waals surface area contributed by atoms with Gasteiger partial charge in [0.15, 0.2) is 5.76 Å². The molecule has 0 radical (unpaired) electrons. The van der Waals surface area contributed by atoms with E-state index in [1.54, 1.807) is 19.1 Å². The first-order valence-electron chi connectivity index (χ1n) is 5.36. The molecule has 0 aromatic carbocycles. The minimum absolute atomic E-state index is 0.166. The summed E-state index contributed by atoms with van der Waals surface area (Å²) in [5, 5.41) is 14.0. The number of aliphatic hydroxyl groups is 1. The average molecular weight is 240 g/mol. The van der Waals surface area contributed by atoms with Crippen LogP contribution in [0.25, 0.3) is 0 Å². The first-order valence-corrected chi connectivity index (χ1v) is 5.36. The largest absolute Gasteiger partial charge is 0.459 e. The zero-order chi connectivity index (χ0) is 12.7. The Morgan fingerprint density at radius 3 is 2.82 bits per heavy atom. The SMILES string of the molecule is C[C@H](O)CNC(=O)CCNC(=O)c1ccco1. The van der Waals surface area contributed by atoms with Crippen LogP contribution in [0.5, 0.6) is 0 Å². The lowest BCUT2D eigenvalue weighted by Gasteiger charge is -2.07. The topological polar surface area (TPSA) is 91.6 Å². The zero-order valence-corrected chi connectivity index (χ0v) is 9.60. The van der Waals surface area contributed by atoms with Crippen LogP contribution < -0.4 is 10.6 Å². The van der Waals surface area contributed by atoms with Crippen LogP contribution in [0.15, 0.2) is 22.8 Å². The number of aliphatic hydroxyl groups excluding tert-OH is 1. The quantitative estimate of drug-likeness (QED) is 0.647. The van der Waals surface area contributed by atoms with Crippen LogP contribution in [-0.4, -0.2) is 36.1 Å². The van der Waals surface area contributed by atoms with Gasteiger partial charge in [0, 0.05) is 19.5 Å². The lowest BCUT2D eigenvalue weighted by atomic mass is 10.3. The van der Waals surface area contributed by atoms with Crippen LogP contribution in [0.4, 0.5) is 0 Å². The molecule has 0 saturated carbocycles. The van der Waals surface area contributed by atoms with Crippen molar-refractivity contribution >= 4 is 11.8 Å². The molecule has 6 nitrogen and oxygen atoms in total. The molecule has 0 aliphatic carbocycles. The minimum atomic E-state index is -0.573. The molecule has 1 heterocycles. The summed E-state index contributed by atoms with van der Waals surface area (Å²) in [7, 11) is 0. The Labute approximate surface area is 99.0 Å². The van der Waals surface area contributed by atoms with Gasteiger partial charge in [0.1, 0.15) is 0 Å². The van der Waals surface area contributed by atoms with Gasteiger partial charge in [-0.25, -0.2) is 0 Å². The molecule has 6 heteroatoms. The van der Waals surface area contributed by atoms with Crippen molar-refractivity contribution in [1.82, 2.24) is 10.6 Å². The van der Waals surface area contributed by atoms with Crippen LogP contribution in [0, 0.1) is 0 Å². The van der Waals surface area contributed by atoms with Gasteiger partial charge in [0.25, 0.3) is 5.91 Å². The van der Waals surface area contributed by atoms with Gasteiger partial charge in [-0.3, -0.25) is 9.59 Å². The highest BCUT2D eigenvalue weighted by Crippen LogP contribution is 1.98. The molecule has 1 atom stereocenters. The number of furan rings is 1. The van der Waals surface area contributed by atoms with Gasteiger partial charge in [-0.15, -0.1) is 0 Å². The Morgan fingerprint density at radius 1 is 1.47 bits per heavy atom. The van der Waals surface area contributed by atoms with Crippen molar-refractivity contribution in [1.29, 1.82) is 0 Å². The zero-order valence-electron chi connectivity index (χ0n) is 9.60. The van der Waals surface area contributed by atoms with Gasteiger partial charge in [-0.1, -0.05) is 0 Å². The average Bonchev–Trinajstić information content (AvgIpc) is 2.79. The number of rotatable bonds is 6. The molecular formula is C11H16N2O4. The molecule has 0 aliphatic rings. The molecule has 0 aliphatic heterocycles. The van der Waals surface area contributed by atoms with E-state index in [0.717, 1.165) is 0 Å². The van der Waals surface area contributed by atoms with E-state index in [-0.39, 0.29) is 37.1 Å². The maximum atomic E-state index is 11.4. The Balaban J connectivity index is 2.15. The van der Waals surface area contributed by atoms with Crippen molar-refractivity contribution in [2.24, 2.45) is 0 Å². The molecule has 0 fully saturated rings. The van der Waals surface area contributed by atoms with Gasteiger partial charge in [0.05, 0.1) is 12.4 Å². The number of nitrogens with one attached hydrogen (secondary N) is 2. The van der Waals surface area contributed by atoms with E-state index in [0.29, 0.717) is 0 Å². The van der Waals surface area contributed by atoms with E-state index in [4.69, 9.17) is 9.52 Å². The van der Waals surface area contributed by atoms with E-state index in [1.165, 1.54) is 6.26 Å². The van der Waals surface area contributed by atoms with Gasteiger partial charge >= 0.3 is 0 Å². The van der Waals surface area contributed by atoms with Crippen LogP contribution in [0.2, 0.25) is 0 Å². The predicted octanol–water partition coefficient (Wildman–Crippen LogP) is -0.103. The first kappa shape index (κ1) is 13.2. The molecule has 3 N–H and O–H groups in total. The van der Waals surface area contributed by atoms with Gasteiger partial charge in [0.2, 0.25) is 5.91 Å². The summed E-state index contributed by atoms with van der Waals surface area (Å²) in [6.45, 7) is 2.02. The molecule has 0 bridgehead atoms. The Morgan fingerprint density at radius 2 is 2.24 bits per heavy atom. The Kier molecular flexibility index (Phi) is 5.22. The number of hydrogen-bond donors (Lipinski definition) is 3. The Hall–Kier alpha value is -1.82. The minimum Gasteiger partial charge on any atom is -0.459 e. The van der Waals surface area contributed by atoms with Gasteiger partial charge in [-0.2, -0.15) is 0 Å². The standard InChI is InChI=1S/C11H16N2O4/c1-8(14)7-13-10(15)4-5-12-11(16)9-3-2-6-17-9/h2-3,6,8,14H,4-5,7H2,1H3,(H,12,16)(H,13,15)/t8-/m0/s1. The molecule has 0 saturated heterocycles. The van der Waals surface area contributed by atoms with Crippen LogP contribution in [0.3, 0.4) is 0 Å². The number of carbonyl (C=O) groups excluding carboxylic acids is 2. The van der Waals surface area contributed by atoms with Crippen LogP contribution >= 0.6 is 0 Å².